The van der Waals surface area contributed by atoms with Crippen LogP contribution in [0.15, 0.2) is 30.3 Å². The number of hydrogen-bond donors (Lipinski definition) is 2. The van der Waals surface area contributed by atoms with Gasteiger partial charge in [0.2, 0.25) is 0 Å². The Morgan fingerprint density at radius 3 is 2.33 bits per heavy atom. The quantitative estimate of drug-likeness (QED) is 0.386. The molecule has 5 rings (SSSR count). The number of fused-ring (bicyclic) bond motifs is 6. The average Bonchev–Trinajstić information content (AvgIpc) is 2.97. The lowest BCUT2D eigenvalue weighted by Gasteiger charge is -2.38. The van der Waals surface area contributed by atoms with Crippen molar-refractivity contribution in [3.63, 3.8) is 0 Å². The summed E-state index contributed by atoms with van der Waals surface area (Å²) in [6.07, 6.45) is 0. The zero-order chi connectivity index (χ0) is 21.5. The first-order valence-electron chi connectivity index (χ1n) is 8.93. The lowest BCUT2D eigenvalue weighted by Crippen LogP contribution is -2.33. The van der Waals surface area contributed by atoms with E-state index >= 15 is 0 Å². The van der Waals surface area contributed by atoms with Crippen molar-refractivity contribution in [3.05, 3.63) is 78.8 Å². The van der Waals surface area contributed by atoms with Crippen molar-refractivity contribution in [2.45, 2.75) is 19.4 Å². The van der Waals surface area contributed by atoms with Crippen LogP contribution in [-0.4, -0.2) is 16.2 Å². The van der Waals surface area contributed by atoms with E-state index in [4.69, 9.17) is 44.3 Å². The van der Waals surface area contributed by atoms with E-state index in [2.05, 4.69) is 0 Å². The summed E-state index contributed by atoms with van der Waals surface area (Å²) in [5, 5.41) is 21.1. The molecule has 1 unspecified atom stereocenters. The topological polar surface area (TPSA) is 76.0 Å². The number of carbonyl (C=O) groups excluding carboxylic acids is 1. The van der Waals surface area contributed by atoms with Gasteiger partial charge in [0.15, 0.2) is 11.4 Å². The maximum Gasteiger partial charge on any atom is 0.340 e. The Bertz CT molecular complexity index is 1300. The minimum Gasteiger partial charge on any atom is -0.508 e. The van der Waals surface area contributed by atoms with Crippen LogP contribution in [0, 0.1) is 13.8 Å². The Hall–Kier alpha value is -2.60. The van der Waals surface area contributed by atoms with Gasteiger partial charge in [-0.3, -0.25) is 0 Å². The van der Waals surface area contributed by atoms with Gasteiger partial charge in [0.05, 0.1) is 15.6 Å². The predicted octanol–water partition coefficient (Wildman–Crippen LogP) is 6.24. The number of esters is 1. The van der Waals surface area contributed by atoms with E-state index in [0.29, 0.717) is 27.8 Å². The highest BCUT2D eigenvalue weighted by Gasteiger charge is 2.55. The molecular formula is C22H13Cl3O5. The zero-order valence-corrected chi connectivity index (χ0v) is 17.9. The van der Waals surface area contributed by atoms with Crippen LogP contribution in [0.5, 0.6) is 23.0 Å². The second-order valence-electron chi connectivity index (χ2n) is 7.30. The van der Waals surface area contributed by atoms with Crippen molar-refractivity contribution < 1.29 is 24.5 Å². The second-order valence-corrected chi connectivity index (χ2v) is 8.50. The van der Waals surface area contributed by atoms with E-state index in [1.807, 2.05) is 0 Å². The summed E-state index contributed by atoms with van der Waals surface area (Å²) in [5.74, 6) is -0.328. The van der Waals surface area contributed by atoms with Crippen molar-refractivity contribution in [1.82, 2.24) is 0 Å². The summed E-state index contributed by atoms with van der Waals surface area (Å²) >= 11 is 18.9. The highest BCUT2D eigenvalue weighted by atomic mass is 35.5. The van der Waals surface area contributed by atoms with Gasteiger partial charge in [-0.25, -0.2) is 4.79 Å². The summed E-state index contributed by atoms with van der Waals surface area (Å²) in [6, 6.07) is 7.84. The highest BCUT2D eigenvalue weighted by Crippen LogP contribution is 2.60. The third-order valence-electron chi connectivity index (χ3n) is 5.63. The molecule has 0 saturated carbocycles. The number of aryl methyl sites for hydroxylation is 1. The summed E-state index contributed by atoms with van der Waals surface area (Å²) in [6.45, 7) is 3.35. The fourth-order valence-electron chi connectivity index (χ4n) is 4.10. The van der Waals surface area contributed by atoms with E-state index in [1.54, 1.807) is 32.0 Å². The van der Waals surface area contributed by atoms with Crippen molar-refractivity contribution in [1.29, 1.82) is 0 Å². The minimum atomic E-state index is -1.44. The normalized spacial score (nSPS) is 18.5. The van der Waals surface area contributed by atoms with Crippen LogP contribution in [0.4, 0.5) is 0 Å². The Morgan fingerprint density at radius 2 is 1.60 bits per heavy atom. The fraction of sp³-hybridized carbons (Fsp3) is 0.136. The highest BCUT2D eigenvalue weighted by molar-refractivity contribution is 6.42. The summed E-state index contributed by atoms with van der Waals surface area (Å²) in [4.78, 5) is 12.9. The van der Waals surface area contributed by atoms with Gasteiger partial charge >= 0.3 is 5.97 Å². The van der Waals surface area contributed by atoms with Gasteiger partial charge in [0, 0.05) is 22.3 Å². The lowest BCUT2D eigenvalue weighted by molar-refractivity contribution is 0.0223. The number of rotatable bonds is 0. The SMILES string of the molecule is Cc1cc2c(c(Cl)c1O)Oc1c(ccc(O)c1C)C21OC(=O)c2cc(Cl)c(Cl)cc21. The van der Waals surface area contributed by atoms with Gasteiger partial charge in [-0.05, 0) is 49.7 Å². The van der Waals surface area contributed by atoms with Gasteiger partial charge in [0.1, 0.15) is 22.3 Å². The third kappa shape index (κ3) is 2.28. The summed E-state index contributed by atoms with van der Waals surface area (Å²) in [7, 11) is 0. The molecule has 0 bridgehead atoms. The van der Waals surface area contributed by atoms with Gasteiger partial charge in [-0.2, -0.15) is 0 Å². The molecule has 3 aromatic carbocycles. The van der Waals surface area contributed by atoms with Crippen molar-refractivity contribution in [2.24, 2.45) is 0 Å². The monoisotopic (exact) mass is 462 g/mol. The maximum atomic E-state index is 12.9. The number of ether oxygens (including phenoxy) is 2. The van der Waals surface area contributed by atoms with Gasteiger partial charge < -0.3 is 19.7 Å². The van der Waals surface area contributed by atoms with Gasteiger partial charge in [-0.1, -0.05) is 34.8 Å². The largest absolute Gasteiger partial charge is 0.508 e. The van der Waals surface area contributed by atoms with Crippen LogP contribution in [0.3, 0.4) is 0 Å². The Kier molecular flexibility index (Phi) is 4.00. The van der Waals surface area contributed by atoms with Crippen LogP contribution in [0.1, 0.15) is 38.2 Å². The molecule has 0 amide bonds. The van der Waals surface area contributed by atoms with E-state index in [-0.39, 0.29) is 43.6 Å². The number of aromatic hydroxyl groups is 2. The molecule has 5 nitrogen and oxygen atoms in total. The van der Waals surface area contributed by atoms with Crippen molar-refractivity contribution in [2.75, 3.05) is 0 Å². The molecule has 30 heavy (non-hydrogen) atoms. The molecule has 3 aromatic rings. The van der Waals surface area contributed by atoms with E-state index in [0.717, 1.165) is 0 Å². The molecule has 0 saturated heterocycles. The molecular weight excluding hydrogens is 451 g/mol. The van der Waals surface area contributed by atoms with Crippen LogP contribution >= 0.6 is 34.8 Å². The van der Waals surface area contributed by atoms with Crippen molar-refractivity contribution in [3.8, 4) is 23.0 Å². The number of benzene rings is 3. The number of carbonyl (C=O) groups is 1. The smallest absolute Gasteiger partial charge is 0.340 e. The summed E-state index contributed by atoms with van der Waals surface area (Å²) < 4.78 is 12.1. The van der Waals surface area contributed by atoms with Crippen LogP contribution in [0.25, 0.3) is 0 Å². The number of hydrogen-bond acceptors (Lipinski definition) is 5. The molecule has 2 heterocycles. The average molecular weight is 464 g/mol. The van der Waals surface area contributed by atoms with Crippen molar-refractivity contribution >= 4 is 40.8 Å². The maximum absolute atomic E-state index is 12.9. The fourth-order valence-corrected chi connectivity index (χ4v) is 4.72. The third-order valence-corrected chi connectivity index (χ3v) is 6.70. The predicted molar refractivity (Wildman–Crippen MR) is 113 cm³/mol. The zero-order valence-electron chi connectivity index (χ0n) is 15.6. The van der Waals surface area contributed by atoms with E-state index in [1.165, 1.54) is 12.1 Å². The molecule has 1 spiro atoms. The van der Waals surface area contributed by atoms with Gasteiger partial charge in [-0.15, -0.1) is 0 Å². The van der Waals surface area contributed by atoms with Crippen LogP contribution < -0.4 is 4.74 Å². The van der Waals surface area contributed by atoms with Crippen LogP contribution in [0.2, 0.25) is 15.1 Å². The Morgan fingerprint density at radius 1 is 0.900 bits per heavy atom. The molecule has 2 aliphatic rings. The lowest BCUT2D eigenvalue weighted by atomic mass is 9.76. The van der Waals surface area contributed by atoms with Crippen LogP contribution in [-0.2, 0) is 10.3 Å². The molecule has 2 aliphatic heterocycles. The molecule has 0 aromatic heterocycles. The summed E-state index contributed by atoms with van der Waals surface area (Å²) in [5.41, 5.74) is 1.13. The molecule has 8 heteroatoms. The Labute approximate surface area is 186 Å². The molecule has 1 atom stereocenters. The van der Waals surface area contributed by atoms with E-state index < -0.39 is 11.6 Å². The number of halogens is 3. The minimum absolute atomic E-state index is 0.00140. The number of phenolic OH excluding ortho intramolecular Hbond substituents is 2. The first kappa shape index (κ1) is 19.4. The first-order valence-corrected chi connectivity index (χ1v) is 10.1. The molecule has 0 radical (unpaired) electrons. The van der Waals surface area contributed by atoms with E-state index in [9.17, 15) is 15.0 Å². The molecule has 2 N–H and O–H groups in total. The number of phenols is 2. The molecule has 0 aliphatic carbocycles. The first-order chi connectivity index (χ1) is 14.2. The Balaban J connectivity index is 1.98. The van der Waals surface area contributed by atoms with Gasteiger partial charge in [0.25, 0.3) is 0 Å². The second kappa shape index (κ2) is 6.20. The standard InChI is InChI=1S/C22H13Cl3O5/c1-8-5-13-20(17(25)18(8)27)29-19-9(2)16(26)4-3-11(19)22(13)12-7-15(24)14(23)6-10(12)21(28)30-22/h3-7,26-27H,1-2H3. The molecule has 0 fully saturated rings. The molecule has 152 valence electrons.